The lowest BCUT2D eigenvalue weighted by molar-refractivity contribution is 0.515. The smallest absolute Gasteiger partial charge is 0.131 e. The van der Waals surface area contributed by atoms with E-state index >= 15 is 0 Å². The van der Waals surface area contributed by atoms with Crippen LogP contribution in [0.25, 0.3) is 0 Å². The molecule has 0 saturated heterocycles. The predicted molar refractivity (Wildman–Crippen MR) is 52.4 cm³/mol. The zero-order valence-electron chi connectivity index (χ0n) is 7.67. The molecule has 13 heavy (non-hydrogen) atoms. The summed E-state index contributed by atoms with van der Waals surface area (Å²) in [7, 11) is 1.94. The molecule has 0 radical (unpaired) electrons. The number of rotatable bonds is 2. The Hall–Kier alpha value is -1.13. The summed E-state index contributed by atoms with van der Waals surface area (Å²) in [5.74, 6) is 1.00. The van der Waals surface area contributed by atoms with Gasteiger partial charge in [-0.1, -0.05) is 6.07 Å². The minimum atomic E-state index is 0.285. The molecule has 2 heterocycles. The number of fused-ring (bicyclic) bond motifs is 1. The van der Waals surface area contributed by atoms with Crippen molar-refractivity contribution in [2.75, 3.05) is 18.9 Å². The summed E-state index contributed by atoms with van der Waals surface area (Å²) in [6.07, 6.45) is 2.10. The van der Waals surface area contributed by atoms with Crippen LogP contribution < -0.4 is 16.0 Å². The van der Waals surface area contributed by atoms with E-state index in [-0.39, 0.29) is 6.17 Å². The molecular weight excluding hydrogens is 164 g/mol. The van der Waals surface area contributed by atoms with Crippen LogP contribution in [-0.2, 0) is 6.54 Å². The molecule has 1 aromatic rings. The Bertz CT molecular complexity index is 287. The van der Waals surface area contributed by atoms with E-state index in [2.05, 4.69) is 27.0 Å². The van der Waals surface area contributed by atoms with Gasteiger partial charge in [0.2, 0.25) is 0 Å². The van der Waals surface area contributed by atoms with Crippen molar-refractivity contribution >= 4 is 5.82 Å². The van der Waals surface area contributed by atoms with Gasteiger partial charge in [-0.25, -0.2) is 4.98 Å². The van der Waals surface area contributed by atoms with E-state index in [1.807, 2.05) is 19.3 Å². The molecule has 1 aliphatic heterocycles. The predicted octanol–water partition coefficient (Wildman–Crippen LogP) is 0.142. The first kappa shape index (κ1) is 8.47. The average molecular weight is 178 g/mol. The Morgan fingerprint density at radius 1 is 1.69 bits per heavy atom. The van der Waals surface area contributed by atoms with Crippen LogP contribution in [0.15, 0.2) is 18.3 Å². The number of likely N-dealkylation sites (N-methyl/N-ethyl adjacent to an activating group) is 1. The third kappa shape index (κ3) is 1.79. The number of pyridine rings is 1. The van der Waals surface area contributed by atoms with E-state index in [1.165, 1.54) is 5.56 Å². The van der Waals surface area contributed by atoms with E-state index in [0.717, 1.165) is 18.9 Å². The van der Waals surface area contributed by atoms with Gasteiger partial charge in [0.05, 0.1) is 6.17 Å². The summed E-state index contributed by atoms with van der Waals surface area (Å²) in [6.45, 7) is 1.79. The minimum Gasteiger partial charge on any atom is -0.353 e. The van der Waals surface area contributed by atoms with Crippen LogP contribution in [0.5, 0.6) is 0 Å². The molecule has 3 N–H and O–H groups in total. The molecule has 0 aliphatic carbocycles. The van der Waals surface area contributed by atoms with E-state index in [1.54, 1.807) is 0 Å². The van der Waals surface area contributed by atoms with Gasteiger partial charge in [0.1, 0.15) is 5.82 Å². The number of nitrogens with zero attached hydrogens (tertiary/aromatic N) is 1. The fraction of sp³-hybridized carbons (Fsp3) is 0.444. The average Bonchev–Trinajstić information content (AvgIpc) is 2.18. The summed E-state index contributed by atoms with van der Waals surface area (Å²) >= 11 is 0. The molecule has 0 fully saturated rings. The Morgan fingerprint density at radius 3 is 3.46 bits per heavy atom. The Labute approximate surface area is 77.8 Å². The SMILES string of the molecule is CNCC1NCc2cccnc2N1. The first-order chi connectivity index (χ1) is 6.40. The van der Waals surface area contributed by atoms with Gasteiger partial charge in [0.25, 0.3) is 0 Å². The monoisotopic (exact) mass is 178 g/mol. The summed E-state index contributed by atoms with van der Waals surface area (Å²) in [5, 5.41) is 9.79. The van der Waals surface area contributed by atoms with Crippen LogP contribution in [0.3, 0.4) is 0 Å². The molecule has 1 aromatic heterocycles. The number of nitrogens with one attached hydrogen (secondary N) is 3. The number of hydrogen-bond acceptors (Lipinski definition) is 4. The lowest BCUT2D eigenvalue weighted by Crippen LogP contribution is -2.46. The molecule has 1 aliphatic rings. The van der Waals surface area contributed by atoms with E-state index in [4.69, 9.17) is 0 Å². The van der Waals surface area contributed by atoms with Crippen molar-refractivity contribution < 1.29 is 0 Å². The summed E-state index contributed by atoms with van der Waals surface area (Å²) in [5.41, 5.74) is 1.23. The standard InChI is InChI=1S/C9H14N4/c1-10-6-8-12-5-7-3-2-4-11-9(7)13-8/h2-4,8,10,12H,5-6H2,1H3,(H,11,13). The largest absolute Gasteiger partial charge is 0.353 e. The molecule has 0 spiro atoms. The highest BCUT2D eigenvalue weighted by molar-refractivity contribution is 5.46. The van der Waals surface area contributed by atoms with Gasteiger partial charge >= 0.3 is 0 Å². The summed E-state index contributed by atoms with van der Waals surface area (Å²) < 4.78 is 0. The van der Waals surface area contributed by atoms with Crippen LogP contribution in [0, 0.1) is 0 Å². The fourth-order valence-electron chi connectivity index (χ4n) is 1.49. The van der Waals surface area contributed by atoms with Crippen LogP contribution >= 0.6 is 0 Å². The Kier molecular flexibility index (Phi) is 2.42. The summed E-state index contributed by atoms with van der Waals surface area (Å²) in [6, 6.07) is 4.04. The number of hydrogen-bond donors (Lipinski definition) is 3. The maximum Gasteiger partial charge on any atom is 0.131 e. The highest BCUT2D eigenvalue weighted by Crippen LogP contribution is 2.15. The van der Waals surface area contributed by atoms with Crippen molar-refractivity contribution in [3.05, 3.63) is 23.9 Å². The first-order valence-corrected chi connectivity index (χ1v) is 4.48. The molecule has 4 heteroatoms. The van der Waals surface area contributed by atoms with Crippen LogP contribution in [0.1, 0.15) is 5.56 Å². The van der Waals surface area contributed by atoms with Gasteiger partial charge in [-0.15, -0.1) is 0 Å². The van der Waals surface area contributed by atoms with Gasteiger partial charge in [-0.05, 0) is 13.1 Å². The molecule has 0 aromatic carbocycles. The molecule has 2 rings (SSSR count). The second-order valence-electron chi connectivity index (χ2n) is 3.15. The van der Waals surface area contributed by atoms with E-state index in [9.17, 15) is 0 Å². The topological polar surface area (TPSA) is 49.0 Å². The fourth-order valence-corrected chi connectivity index (χ4v) is 1.49. The van der Waals surface area contributed by atoms with Crippen molar-refractivity contribution in [2.45, 2.75) is 12.7 Å². The highest BCUT2D eigenvalue weighted by Gasteiger charge is 2.15. The Morgan fingerprint density at radius 2 is 2.62 bits per heavy atom. The van der Waals surface area contributed by atoms with Crippen LogP contribution in [0.4, 0.5) is 5.82 Å². The van der Waals surface area contributed by atoms with Crippen LogP contribution in [0.2, 0.25) is 0 Å². The first-order valence-electron chi connectivity index (χ1n) is 4.48. The maximum absolute atomic E-state index is 4.27. The molecule has 70 valence electrons. The minimum absolute atomic E-state index is 0.285. The molecule has 1 atom stereocenters. The third-order valence-electron chi connectivity index (χ3n) is 2.15. The van der Waals surface area contributed by atoms with Crippen LogP contribution in [-0.4, -0.2) is 24.7 Å². The van der Waals surface area contributed by atoms with Crippen molar-refractivity contribution in [1.82, 2.24) is 15.6 Å². The van der Waals surface area contributed by atoms with Crippen molar-refractivity contribution in [3.63, 3.8) is 0 Å². The molecule has 0 amide bonds. The third-order valence-corrected chi connectivity index (χ3v) is 2.15. The van der Waals surface area contributed by atoms with E-state index < -0.39 is 0 Å². The maximum atomic E-state index is 4.27. The highest BCUT2D eigenvalue weighted by atomic mass is 15.2. The van der Waals surface area contributed by atoms with Crippen molar-refractivity contribution in [3.8, 4) is 0 Å². The second kappa shape index (κ2) is 3.72. The lowest BCUT2D eigenvalue weighted by Gasteiger charge is -2.26. The van der Waals surface area contributed by atoms with Gasteiger partial charge in [0, 0.05) is 24.8 Å². The Balaban J connectivity index is 2.11. The zero-order chi connectivity index (χ0) is 9.10. The quantitative estimate of drug-likeness (QED) is 0.603. The number of anilines is 1. The molecule has 1 unspecified atom stereocenters. The van der Waals surface area contributed by atoms with Gasteiger partial charge in [0.15, 0.2) is 0 Å². The molecule has 0 saturated carbocycles. The van der Waals surface area contributed by atoms with Gasteiger partial charge < -0.3 is 10.6 Å². The summed E-state index contributed by atoms with van der Waals surface area (Å²) in [4.78, 5) is 4.27. The van der Waals surface area contributed by atoms with Crippen molar-refractivity contribution in [1.29, 1.82) is 0 Å². The number of aromatic nitrogens is 1. The van der Waals surface area contributed by atoms with Gasteiger partial charge in [-0.3, -0.25) is 5.32 Å². The molecule has 4 nitrogen and oxygen atoms in total. The molecular formula is C9H14N4. The van der Waals surface area contributed by atoms with E-state index in [0.29, 0.717) is 0 Å². The normalized spacial score (nSPS) is 20.5. The molecule has 0 bridgehead atoms. The zero-order valence-corrected chi connectivity index (χ0v) is 7.67. The lowest BCUT2D eigenvalue weighted by atomic mass is 10.2. The van der Waals surface area contributed by atoms with Gasteiger partial charge in [-0.2, -0.15) is 0 Å². The second-order valence-corrected chi connectivity index (χ2v) is 3.15. The van der Waals surface area contributed by atoms with Crippen molar-refractivity contribution in [2.24, 2.45) is 0 Å².